The summed E-state index contributed by atoms with van der Waals surface area (Å²) in [6.07, 6.45) is 4.78. The number of ether oxygens (including phenoxy) is 1. The van der Waals surface area contributed by atoms with E-state index in [4.69, 9.17) is 4.74 Å². The predicted octanol–water partition coefficient (Wildman–Crippen LogP) is 3.78. The third-order valence-corrected chi connectivity index (χ3v) is 3.75. The van der Waals surface area contributed by atoms with Crippen molar-refractivity contribution in [2.24, 2.45) is 0 Å². The average Bonchev–Trinajstić information content (AvgIpc) is 2.35. The van der Waals surface area contributed by atoms with Crippen LogP contribution in [-0.2, 0) is 6.42 Å². The molecule has 0 aromatic heterocycles. The van der Waals surface area contributed by atoms with Crippen LogP contribution in [0.1, 0.15) is 31.7 Å². The summed E-state index contributed by atoms with van der Waals surface area (Å²) < 4.78 is 6.26. The summed E-state index contributed by atoms with van der Waals surface area (Å²) >= 11 is 3.52. The van der Waals surface area contributed by atoms with E-state index in [-0.39, 0.29) is 0 Å². The number of rotatable bonds is 7. The summed E-state index contributed by atoms with van der Waals surface area (Å²) in [5, 5.41) is 3.34. The Morgan fingerprint density at radius 3 is 2.71 bits per heavy atom. The lowest BCUT2D eigenvalue weighted by molar-refractivity contribution is 0.412. The van der Waals surface area contributed by atoms with Crippen LogP contribution in [0.2, 0.25) is 0 Å². The van der Waals surface area contributed by atoms with Gasteiger partial charge in [-0.1, -0.05) is 13.0 Å². The lowest BCUT2D eigenvalue weighted by Gasteiger charge is -2.13. The maximum atomic E-state index is 5.22. The second kappa shape index (κ2) is 7.72. The highest BCUT2D eigenvalue weighted by Gasteiger charge is 2.04. The van der Waals surface area contributed by atoms with Gasteiger partial charge < -0.3 is 10.1 Å². The van der Waals surface area contributed by atoms with Gasteiger partial charge in [0, 0.05) is 6.04 Å². The minimum absolute atomic E-state index is 0.650. The summed E-state index contributed by atoms with van der Waals surface area (Å²) in [5.41, 5.74) is 1.36. The van der Waals surface area contributed by atoms with Crippen molar-refractivity contribution in [3.63, 3.8) is 0 Å². The van der Waals surface area contributed by atoms with E-state index >= 15 is 0 Å². The molecular formula is C14H22BrNO. The summed E-state index contributed by atoms with van der Waals surface area (Å²) in [6.45, 7) is 2.23. The molecule has 3 heteroatoms. The number of hydrogen-bond donors (Lipinski definition) is 1. The number of halogens is 1. The van der Waals surface area contributed by atoms with Crippen LogP contribution < -0.4 is 10.1 Å². The highest BCUT2D eigenvalue weighted by Crippen LogP contribution is 2.26. The van der Waals surface area contributed by atoms with Gasteiger partial charge in [-0.3, -0.25) is 0 Å². The van der Waals surface area contributed by atoms with Crippen molar-refractivity contribution < 1.29 is 4.74 Å². The fourth-order valence-corrected chi connectivity index (χ4v) is 2.56. The molecule has 0 aliphatic heterocycles. The monoisotopic (exact) mass is 299 g/mol. The van der Waals surface area contributed by atoms with E-state index in [1.165, 1.54) is 24.8 Å². The first-order valence-electron chi connectivity index (χ1n) is 6.21. The molecule has 17 heavy (non-hydrogen) atoms. The molecule has 0 bridgehead atoms. The maximum Gasteiger partial charge on any atom is 0.133 e. The zero-order chi connectivity index (χ0) is 12.7. The van der Waals surface area contributed by atoms with Crippen LogP contribution in [0.4, 0.5) is 0 Å². The van der Waals surface area contributed by atoms with Gasteiger partial charge in [0.05, 0.1) is 11.6 Å². The maximum absolute atomic E-state index is 5.22. The fraction of sp³-hybridized carbons (Fsp3) is 0.571. The van der Waals surface area contributed by atoms with Crippen LogP contribution in [0, 0.1) is 0 Å². The van der Waals surface area contributed by atoms with Crippen LogP contribution in [0.5, 0.6) is 5.75 Å². The van der Waals surface area contributed by atoms with Crippen LogP contribution >= 0.6 is 15.9 Å². The third-order valence-electron chi connectivity index (χ3n) is 3.14. The van der Waals surface area contributed by atoms with Gasteiger partial charge in [0.1, 0.15) is 5.75 Å². The van der Waals surface area contributed by atoms with E-state index < -0.39 is 0 Å². The molecule has 0 heterocycles. The van der Waals surface area contributed by atoms with Gasteiger partial charge >= 0.3 is 0 Å². The van der Waals surface area contributed by atoms with Gasteiger partial charge in [0.15, 0.2) is 0 Å². The summed E-state index contributed by atoms with van der Waals surface area (Å²) in [7, 11) is 3.73. The quantitative estimate of drug-likeness (QED) is 0.827. The molecule has 0 fully saturated rings. The molecule has 96 valence electrons. The number of nitrogens with one attached hydrogen (secondary N) is 1. The Bertz CT molecular complexity index is 337. The number of methoxy groups -OCH3 is 1. The molecule has 1 N–H and O–H groups in total. The van der Waals surface area contributed by atoms with Gasteiger partial charge in [0.25, 0.3) is 0 Å². The standard InChI is InChI=1S/C14H22BrNO/c1-4-12(16-2)7-5-6-11-8-9-14(17-3)13(15)10-11/h8-10,12,16H,4-7H2,1-3H3. The van der Waals surface area contributed by atoms with E-state index in [9.17, 15) is 0 Å². The number of aryl methyl sites for hydroxylation is 1. The molecule has 0 radical (unpaired) electrons. The van der Waals surface area contributed by atoms with Crippen molar-refractivity contribution >= 4 is 15.9 Å². The SMILES string of the molecule is CCC(CCCc1ccc(OC)c(Br)c1)NC. The van der Waals surface area contributed by atoms with Crippen molar-refractivity contribution in [1.29, 1.82) is 0 Å². The molecule has 0 amide bonds. The molecule has 1 aromatic carbocycles. The van der Waals surface area contributed by atoms with Gasteiger partial charge in [-0.2, -0.15) is 0 Å². The largest absolute Gasteiger partial charge is 0.496 e. The van der Waals surface area contributed by atoms with Crippen molar-refractivity contribution in [1.82, 2.24) is 5.32 Å². The smallest absolute Gasteiger partial charge is 0.133 e. The molecule has 2 nitrogen and oxygen atoms in total. The van der Waals surface area contributed by atoms with Gasteiger partial charge in [-0.25, -0.2) is 0 Å². The fourth-order valence-electron chi connectivity index (χ4n) is 1.97. The molecule has 0 spiro atoms. The molecule has 0 saturated heterocycles. The Labute approximate surface area is 113 Å². The molecule has 1 atom stereocenters. The molecule has 1 rings (SSSR count). The van der Waals surface area contributed by atoms with Gasteiger partial charge in [-0.05, 0) is 66.4 Å². The minimum atomic E-state index is 0.650. The van der Waals surface area contributed by atoms with Crippen molar-refractivity contribution in [2.75, 3.05) is 14.2 Å². The number of hydrogen-bond acceptors (Lipinski definition) is 2. The van der Waals surface area contributed by atoms with Crippen LogP contribution in [0.25, 0.3) is 0 Å². The predicted molar refractivity (Wildman–Crippen MR) is 76.8 cm³/mol. The van der Waals surface area contributed by atoms with Crippen LogP contribution in [-0.4, -0.2) is 20.2 Å². The highest BCUT2D eigenvalue weighted by atomic mass is 79.9. The van der Waals surface area contributed by atoms with Crippen LogP contribution in [0.3, 0.4) is 0 Å². The molecule has 0 aliphatic rings. The first kappa shape index (κ1) is 14.5. The lowest BCUT2D eigenvalue weighted by atomic mass is 10.0. The van der Waals surface area contributed by atoms with Gasteiger partial charge in [-0.15, -0.1) is 0 Å². The molecule has 0 aliphatic carbocycles. The zero-order valence-electron chi connectivity index (χ0n) is 10.9. The topological polar surface area (TPSA) is 21.3 Å². The Kier molecular flexibility index (Phi) is 6.60. The van der Waals surface area contributed by atoms with E-state index in [0.717, 1.165) is 16.6 Å². The normalized spacial score (nSPS) is 12.5. The van der Waals surface area contributed by atoms with E-state index in [0.29, 0.717) is 6.04 Å². The average molecular weight is 300 g/mol. The Balaban J connectivity index is 2.44. The molecule has 0 saturated carbocycles. The van der Waals surface area contributed by atoms with Gasteiger partial charge in [0.2, 0.25) is 0 Å². The summed E-state index contributed by atoms with van der Waals surface area (Å²) in [4.78, 5) is 0. The number of benzene rings is 1. The summed E-state index contributed by atoms with van der Waals surface area (Å²) in [5.74, 6) is 0.899. The molecule has 1 aromatic rings. The minimum Gasteiger partial charge on any atom is -0.496 e. The Hall–Kier alpha value is -0.540. The van der Waals surface area contributed by atoms with E-state index in [2.05, 4.69) is 40.3 Å². The van der Waals surface area contributed by atoms with Crippen molar-refractivity contribution in [3.8, 4) is 5.75 Å². The second-order valence-electron chi connectivity index (χ2n) is 4.25. The second-order valence-corrected chi connectivity index (χ2v) is 5.11. The Morgan fingerprint density at radius 1 is 1.41 bits per heavy atom. The van der Waals surface area contributed by atoms with Crippen LogP contribution in [0.15, 0.2) is 22.7 Å². The van der Waals surface area contributed by atoms with E-state index in [1.54, 1.807) is 7.11 Å². The lowest BCUT2D eigenvalue weighted by Crippen LogP contribution is -2.23. The first-order chi connectivity index (χ1) is 8.21. The third kappa shape index (κ3) is 4.68. The van der Waals surface area contributed by atoms with E-state index in [1.807, 2.05) is 13.1 Å². The first-order valence-corrected chi connectivity index (χ1v) is 7.00. The molecular weight excluding hydrogens is 278 g/mol. The highest BCUT2D eigenvalue weighted by molar-refractivity contribution is 9.10. The summed E-state index contributed by atoms with van der Waals surface area (Å²) in [6, 6.07) is 6.97. The Morgan fingerprint density at radius 2 is 2.18 bits per heavy atom. The zero-order valence-corrected chi connectivity index (χ0v) is 12.5. The molecule has 1 unspecified atom stereocenters. The van der Waals surface area contributed by atoms with Crippen molar-refractivity contribution in [3.05, 3.63) is 28.2 Å². The van der Waals surface area contributed by atoms with Crippen molar-refractivity contribution in [2.45, 2.75) is 38.6 Å².